The molecule has 3 heterocycles. The van der Waals surface area contributed by atoms with Crippen LogP contribution in [0.3, 0.4) is 0 Å². The average Bonchev–Trinajstić information content (AvgIpc) is 3.27. The highest BCUT2D eigenvalue weighted by atomic mass is 19.4. The summed E-state index contributed by atoms with van der Waals surface area (Å²) < 4.78 is 48.4. The van der Waals surface area contributed by atoms with Crippen LogP contribution in [0.25, 0.3) is 0 Å². The average molecular weight is 436 g/mol. The van der Waals surface area contributed by atoms with E-state index < -0.39 is 12.1 Å². The van der Waals surface area contributed by atoms with Crippen LogP contribution in [0.2, 0.25) is 0 Å². The van der Waals surface area contributed by atoms with Crippen molar-refractivity contribution in [3.63, 3.8) is 0 Å². The van der Waals surface area contributed by atoms with Gasteiger partial charge in [0.15, 0.2) is 0 Å². The van der Waals surface area contributed by atoms with Crippen molar-refractivity contribution in [2.75, 3.05) is 26.8 Å². The quantitative estimate of drug-likeness (QED) is 0.659. The van der Waals surface area contributed by atoms with Crippen molar-refractivity contribution in [2.45, 2.75) is 57.2 Å². The number of carbonyl (C=O) groups is 2. The van der Waals surface area contributed by atoms with E-state index in [4.69, 9.17) is 23.8 Å². The van der Waals surface area contributed by atoms with Crippen LogP contribution < -0.4 is 5.32 Å². The number of rotatable bonds is 6. The van der Waals surface area contributed by atoms with Crippen LogP contribution in [0.4, 0.5) is 13.2 Å². The second-order valence-electron chi connectivity index (χ2n) is 7.17. The summed E-state index contributed by atoms with van der Waals surface area (Å²) in [6, 6.07) is 4.43. The minimum absolute atomic E-state index is 0.0133. The Morgan fingerprint density at radius 1 is 1.30 bits per heavy atom. The molecular formula is C19H27F3N2O6. The summed E-state index contributed by atoms with van der Waals surface area (Å²) in [6.45, 7) is 4.84. The summed E-state index contributed by atoms with van der Waals surface area (Å²) in [4.78, 5) is 23.4. The summed E-state index contributed by atoms with van der Waals surface area (Å²) in [5.74, 6) is -0.820. The zero-order chi connectivity index (χ0) is 22.3. The molecule has 2 aliphatic heterocycles. The molecule has 11 heteroatoms. The van der Waals surface area contributed by atoms with Crippen LogP contribution in [0.5, 0.6) is 0 Å². The lowest BCUT2D eigenvalue weighted by atomic mass is 9.98. The van der Waals surface area contributed by atoms with Gasteiger partial charge < -0.3 is 24.3 Å². The second kappa shape index (κ2) is 10.8. The first kappa shape index (κ1) is 24.2. The number of aliphatic carboxylic acids is 1. The largest absolute Gasteiger partial charge is 0.490 e. The third-order valence-corrected chi connectivity index (χ3v) is 4.96. The number of halogens is 3. The zero-order valence-electron chi connectivity index (χ0n) is 16.9. The number of aryl methyl sites for hydroxylation is 1. The molecule has 3 rings (SSSR count). The van der Waals surface area contributed by atoms with Crippen LogP contribution >= 0.6 is 0 Å². The number of nitrogens with zero attached hydrogens (tertiary/aromatic N) is 1. The second-order valence-corrected chi connectivity index (χ2v) is 7.17. The highest BCUT2D eigenvalue weighted by Gasteiger charge is 2.41. The third-order valence-electron chi connectivity index (χ3n) is 4.96. The molecule has 0 saturated carbocycles. The molecule has 1 aromatic rings. The molecule has 0 aromatic carbocycles. The number of carboxylic acids is 1. The smallest absolute Gasteiger partial charge is 0.475 e. The Kier molecular flexibility index (Phi) is 8.68. The number of nitrogens with one attached hydrogen (secondary N) is 1. The number of hydrogen-bond donors (Lipinski definition) is 2. The van der Waals surface area contributed by atoms with Gasteiger partial charge in [-0.05, 0) is 38.3 Å². The zero-order valence-corrected chi connectivity index (χ0v) is 16.9. The van der Waals surface area contributed by atoms with Gasteiger partial charge in [-0.25, -0.2) is 4.79 Å². The summed E-state index contributed by atoms with van der Waals surface area (Å²) in [7, 11) is 1.63. The van der Waals surface area contributed by atoms with Gasteiger partial charge in [0.05, 0.1) is 19.3 Å². The Labute approximate surface area is 172 Å². The van der Waals surface area contributed by atoms with E-state index in [-0.39, 0.29) is 18.1 Å². The molecule has 0 radical (unpaired) electrons. The Bertz CT molecular complexity index is 709. The molecule has 0 unspecified atom stereocenters. The molecule has 1 amide bonds. The summed E-state index contributed by atoms with van der Waals surface area (Å²) >= 11 is 0. The predicted octanol–water partition coefficient (Wildman–Crippen LogP) is 2.11. The fourth-order valence-corrected chi connectivity index (χ4v) is 3.56. The van der Waals surface area contributed by atoms with Gasteiger partial charge >= 0.3 is 12.1 Å². The molecule has 0 aliphatic carbocycles. The normalized spacial score (nSPS) is 24.0. The summed E-state index contributed by atoms with van der Waals surface area (Å²) in [6.07, 6.45) is -2.51. The molecule has 0 spiro atoms. The number of carboxylic acid groups (broad SMARTS) is 1. The Morgan fingerprint density at radius 3 is 2.57 bits per heavy atom. The van der Waals surface area contributed by atoms with E-state index in [1.807, 2.05) is 19.1 Å². The molecule has 1 aromatic heterocycles. The predicted molar refractivity (Wildman–Crippen MR) is 98.7 cm³/mol. The van der Waals surface area contributed by atoms with Crippen LogP contribution in [0, 0.1) is 6.92 Å². The molecule has 3 atom stereocenters. The first-order valence-electron chi connectivity index (χ1n) is 9.63. The number of likely N-dealkylation sites (tertiary alicyclic amines) is 1. The number of amides is 1. The third kappa shape index (κ3) is 6.99. The van der Waals surface area contributed by atoms with Crippen molar-refractivity contribution < 1.29 is 41.8 Å². The lowest BCUT2D eigenvalue weighted by Crippen LogP contribution is -2.48. The van der Waals surface area contributed by atoms with Crippen LogP contribution in [-0.2, 0) is 25.6 Å². The fraction of sp³-hybridized carbons (Fsp3) is 0.684. The topological polar surface area (TPSA) is 101 Å². The van der Waals surface area contributed by atoms with E-state index in [2.05, 4.69) is 10.2 Å². The molecule has 170 valence electrons. The monoisotopic (exact) mass is 436 g/mol. The number of methoxy groups -OCH3 is 1. The van der Waals surface area contributed by atoms with Crippen LogP contribution in [0.15, 0.2) is 16.5 Å². The fourth-order valence-electron chi connectivity index (χ4n) is 3.56. The number of ether oxygens (including phenoxy) is 2. The van der Waals surface area contributed by atoms with Crippen molar-refractivity contribution in [3.05, 3.63) is 23.7 Å². The van der Waals surface area contributed by atoms with E-state index in [1.54, 1.807) is 7.11 Å². The van der Waals surface area contributed by atoms with Gasteiger partial charge in [-0.15, -0.1) is 0 Å². The molecule has 30 heavy (non-hydrogen) atoms. The van der Waals surface area contributed by atoms with Crippen molar-refractivity contribution in [1.82, 2.24) is 10.2 Å². The van der Waals surface area contributed by atoms with Gasteiger partial charge in [0.25, 0.3) is 0 Å². The van der Waals surface area contributed by atoms with E-state index in [0.717, 1.165) is 43.9 Å². The Balaban J connectivity index is 0.000000396. The summed E-state index contributed by atoms with van der Waals surface area (Å²) in [5, 5.41) is 9.99. The minimum atomic E-state index is -5.08. The first-order valence-corrected chi connectivity index (χ1v) is 9.63. The van der Waals surface area contributed by atoms with E-state index in [1.165, 1.54) is 0 Å². The van der Waals surface area contributed by atoms with Crippen LogP contribution in [-0.4, -0.2) is 73.1 Å². The highest BCUT2D eigenvalue weighted by molar-refractivity contribution is 5.80. The molecule has 2 N–H and O–H groups in total. The Hall–Kier alpha value is -2.11. The standard InChI is InChI=1S/C17H26N2O4.C2HF3O2/c1-12-3-4-13(22-12)11-19-9-7-15-14(19)5-6-16(23-15)17(20)18-8-10-21-2;3-2(4,5)1(6)7/h3-4,14-16H,5-11H2,1-2H3,(H,18,20);(H,6,7)/t14-,15-,16-;/m1./s1. The van der Waals surface area contributed by atoms with E-state index in [0.29, 0.717) is 19.2 Å². The molecule has 8 nitrogen and oxygen atoms in total. The van der Waals surface area contributed by atoms with Crippen molar-refractivity contribution in [3.8, 4) is 0 Å². The highest BCUT2D eigenvalue weighted by Crippen LogP contribution is 2.32. The number of furan rings is 1. The van der Waals surface area contributed by atoms with Gasteiger partial charge in [-0.3, -0.25) is 9.69 Å². The van der Waals surface area contributed by atoms with Gasteiger partial charge in [0.1, 0.15) is 17.6 Å². The number of hydrogen-bond acceptors (Lipinski definition) is 6. The minimum Gasteiger partial charge on any atom is -0.475 e. The van der Waals surface area contributed by atoms with Crippen LogP contribution in [0.1, 0.15) is 30.8 Å². The molecule has 2 fully saturated rings. The number of fused-ring (bicyclic) bond motifs is 1. The molecule has 0 bridgehead atoms. The van der Waals surface area contributed by atoms with Gasteiger partial charge in [-0.2, -0.15) is 13.2 Å². The summed E-state index contributed by atoms with van der Waals surface area (Å²) in [5.41, 5.74) is 0. The molecular weight excluding hydrogens is 409 g/mol. The Morgan fingerprint density at radius 2 is 2.00 bits per heavy atom. The maximum Gasteiger partial charge on any atom is 0.490 e. The van der Waals surface area contributed by atoms with Crippen molar-refractivity contribution in [1.29, 1.82) is 0 Å². The van der Waals surface area contributed by atoms with Crippen molar-refractivity contribution in [2.24, 2.45) is 0 Å². The van der Waals surface area contributed by atoms with Gasteiger partial charge in [-0.1, -0.05) is 0 Å². The SMILES string of the molecule is COCCNC(=O)[C@H]1CC[C@@H]2[C@@H](CCN2Cc2ccc(C)o2)O1.O=C(O)C(F)(F)F. The van der Waals surface area contributed by atoms with Crippen molar-refractivity contribution >= 4 is 11.9 Å². The first-order chi connectivity index (χ1) is 14.1. The lowest BCUT2D eigenvalue weighted by molar-refractivity contribution is -0.192. The maximum absolute atomic E-state index is 12.1. The van der Waals surface area contributed by atoms with Gasteiger partial charge in [0, 0.05) is 26.2 Å². The number of alkyl halides is 3. The van der Waals surface area contributed by atoms with E-state index in [9.17, 15) is 18.0 Å². The molecule has 2 aliphatic rings. The molecule has 2 saturated heterocycles. The number of carbonyl (C=O) groups excluding carboxylic acids is 1. The van der Waals surface area contributed by atoms with Gasteiger partial charge in [0.2, 0.25) is 5.91 Å². The maximum atomic E-state index is 12.1. The lowest BCUT2D eigenvalue weighted by Gasteiger charge is -2.35. The van der Waals surface area contributed by atoms with E-state index >= 15 is 0 Å².